The van der Waals surface area contributed by atoms with E-state index in [1.54, 1.807) is 19.0 Å². The molecule has 3 unspecified atom stereocenters. The van der Waals surface area contributed by atoms with Gasteiger partial charge >= 0.3 is 0 Å². The molecule has 0 saturated carbocycles. The highest BCUT2D eigenvalue weighted by Crippen LogP contribution is 2.38. The second kappa shape index (κ2) is 34.8. The minimum Gasteiger partial charge on any atom is -0.374 e. The van der Waals surface area contributed by atoms with E-state index in [0.717, 1.165) is 175 Å². The van der Waals surface area contributed by atoms with Gasteiger partial charge in [0.2, 0.25) is 0 Å². The number of aromatic nitrogens is 12. The van der Waals surface area contributed by atoms with Crippen molar-refractivity contribution in [2.45, 2.75) is 45.1 Å². The average molecular weight is 1520 g/mol. The molecule has 0 spiro atoms. The van der Waals surface area contributed by atoms with Crippen LogP contribution in [0.15, 0.2) is 286 Å². The van der Waals surface area contributed by atoms with Crippen molar-refractivity contribution in [1.29, 1.82) is 0 Å². The first kappa shape index (κ1) is 74.5. The van der Waals surface area contributed by atoms with Crippen molar-refractivity contribution < 1.29 is 5.11 Å². The van der Waals surface area contributed by atoms with Crippen LogP contribution in [0.25, 0.3) is 50.2 Å². The zero-order valence-electron chi connectivity index (χ0n) is 63.0. The molecule has 6 aromatic heterocycles. The number of nitrogens with zero attached hydrogens (tertiary/aromatic N) is 19. The minimum atomic E-state index is -0.589. The SMILES string of the molecule is CCN(CC)C(O)c1ccc(C(c2ccccc2)N2CCN(c3ncnc4c3cnn4-c3ccccc3)CC2)cc1.Cc1ccccc1C(c1ccccc1)N1CCN(c2ncnc3c2cnn3-c2ccccc2)CC1.Clc1ccc(C(c2ccc(Cl)cc2)N2CCN(c3ncnc4c3cnn4-c3ccccc3)CC2)cc1. The van der Waals surface area contributed by atoms with E-state index >= 15 is 0 Å². The number of fused-ring (bicyclic) bond motifs is 3. The molecule has 3 saturated heterocycles. The van der Waals surface area contributed by atoms with Crippen LogP contribution in [0, 0.1) is 6.92 Å². The first-order chi connectivity index (χ1) is 55.1. The van der Waals surface area contributed by atoms with Gasteiger partial charge in [0, 0.05) is 88.6 Å². The summed E-state index contributed by atoms with van der Waals surface area (Å²) in [5.74, 6) is 2.82. The molecule has 22 heteroatoms. The smallest absolute Gasteiger partial charge is 0.168 e. The van der Waals surface area contributed by atoms with Gasteiger partial charge in [-0.15, -0.1) is 0 Å². The fourth-order valence-corrected chi connectivity index (χ4v) is 16.3. The summed E-state index contributed by atoms with van der Waals surface area (Å²) in [7, 11) is 0. The molecule has 3 aliphatic heterocycles. The molecule has 0 aliphatic carbocycles. The zero-order valence-corrected chi connectivity index (χ0v) is 64.6. The van der Waals surface area contributed by atoms with Gasteiger partial charge in [0.1, 0.15) is 42.7 Å². The lowest BCUT2D eigenvalue weighted by molar-refractivity contribution is 0.00899. The van der Waals surface area contributed by atoms with Crippen molar-refractivity contribution in [2.24, 2.45) is 0 Å². The van der Waals surface area contributed by atoms with Crippen molar-refractivity contribution in [2.75, 3.05) is 106 Å². The lowest BCUT2D eigenvalue weighted by atomic mass is 9.93. The second-order valence-electron chi connectivity index (χ2n) is 28.3. The highest BCUT2D eigenvalue weighted by atomic mass is 35.5. The van der Waals surface area contributed by atoms with Gasteiger partial charge in [-0.3, -0.25) is 19.6 Å². The summed E-state index contributed by atoms with van der Waals surface area (Å²) < 4.78 is 5.64. The summed E-state index contributed by atoms with van der Waals surface area (Å²) in [5, 5.41) is 29.1. The summed E-state index contributed by atoms with van der Waals surface area (Å²) in [5.41, 5.74) is 15.3. The number of benzene rings is 9. The molecular formula is C90H89Cl2N19O. The molecule has 9 heterocycles. The molecule has 15 aromatic rings. The molecule has 18 rings (SSSR count). The van der Waals surface area contributed by atoms with Crippen LogP contribution in [-0.4, -0.2) is 176 Å². The number of hydrogen-bond donors (Lipinski definition) is 1. The minimum absolute atomic E-state index is 0.118. The van der Waals surface area contributed by atoms with E-state index in [9.17, 15) is 5.11 Å². The Morgan fingerprint density at radius 3 is 0.955 bits per heavy atom. The molecule has 9 aromatic carbocycles. The van der Waals surface area contributed by atoms with Crippen LogP contribution in [0.3, 0.4) is 0 Å². The molecule has 20 nitrogen and oxygen atoms in total. The van der Waals surface area contributed by atoms with E-state index in [4.69, 9.17) is 28.2 Å². The third kappa shape index (κ3) is 16.2. The van der Waals surface area contributed by atoms with E-state index in [1.807, 2.05) is 148 Å². The number of rotatable bonds is 19. The predicted molar refractivity (Wildman–Crippen MR) is 448 cm³/mol. The Labute approximate surface area is 663 Å². The predicted octanol–water partition coefficient (Wildman–Crippen LogP) is 16.1. The quantitative estimate of drug-likeness (QED) is 0.0757. The second-order valence-corrected chi connectivity index (χ2v) is 29.2. The Balaban J connectivity index is 0.000000128. The van der Waals surface area contributed by atoms with Crippen LogP contribution in [0.2, 0.25) is 10.0 Å². The molecular weight excluding hydrogens is 1430 g/mol. The lowest BCUT2D eigenvalue weighted by Crippen LogP contribution is -2.48. The van der Waals surface area contributed by atoms with E-state index in [1.165, 1.54) is 38.9 Å². The monoisotopic (exact) mass is 1520 g/mol. The van der Waals surface area contributed by atoms with Crippen molar-refractivity contribution in [3.8, 4) is 17.1 Å². The summed E-state index contributed by atoms with van der Waals surface area (Å²) in [6.07, 6.45) is 9.99. The van der Waals surface area contributed by atoms with E-state index in [0.29, 0.717) is 0 Å². The number of piperazine rings is 3. The van der Waals surface area contributed by atoms with Crippen LogP contribution in [-0.2, 0) is 0 Å². The summed E-state index contributed by atoms with van der Waals surface area (Å²) >= 11 is 12.4. The van der Waals surface area contributed by atoms with E-state index in [2.05, 4.69) is 229 Å². The Bertz CT molecular complexity index is 5480. The van der Waals surface area contributed by atoms with Crippen molar-refractivity contribution in [3.05, 3.63) is 341 Å². The molecule has 3 fully saturated rings. The number of halogens is 2. The van der Waals surface area contributed by atoms with Crippen LogP contribution in [0.5, 0.6) is 0 Å². The third-order valence-electron chi connectivity index (χ3n) is 21.8. The first-order valence-corrected chi connectivity index (χ1v) is 39.3. The molecule has 112 heavy (non-hydrogen) atoms. The summed E-state index contributed by atoms with van der Waals surface area (Å²) in [6, 6.07) is 85.9. The number of aliphatic hydroxyl groups is 1. The lowest BCUT2D eigenvalue weighted by Gasteiger charge is -2.40. The van der Waals surface area contributed by atoms with Gasteiger partial charge in [-0.05, 0) is 125 Å². The highest BCUT2D eigenvalue weighted by Gasteiger charge is 2.33. The molecule has 0 amide bonds. The van der Waals surface area contributed by atoms with Gasteiger partial charge in [0.05, 0.1) is 69.9 Å². The van der Waals surface area contributed by atoms with Gasteiger partial charge in [-0.2, -0.15) is 15.3 Å². The van der Waals surface area contributed by atoms with Crippen molar-refractivity contribution in [3.63, 3.8) is 0 Å². The number of anilines is 3. The number of para-hydroxylation sites is 3. The van der Waals surface area contributed by atoms with Crippen LogP contribution in [0.1, 0.15) is 82.7 Å². The first-order valence-electron chi connectivity index (χ1n) is 38.5. The Morgan fingerprint density at radius 1 is 0.330 bits per heavy atom. The third-order valence-corrected chi connectivity index (χ3v) is 22.3. The van der Waals surface area contributed by atoms with Gasteiger partial charge in [-0.25, -0.2) is 43.9 Å². The number of aryl methyl sites for hydroxylation is 1. The Kier molecular flexibility index (Phi) is 23.1. The average Bonchev–Trinajstić information content (AvgIpc) is 1.42. The topological polar surface area (TPSA) is 174 Å². The van der Waals surface area contributed by atoms with Gasteiger partial charge in [0.15, 0.2) is 16.9 Å². The zero-order chi connectivity index (χ0) is 76.3. The highest BCUT2D eigenvalue weighted by molar-refractivity contribution is 6.30. The van der Waals surface area contributed by atoms with Gasteiger partial charge < -0.3 is 19.8 Å². The maximum absolute atomic E-state index is 10.8. The summed E-state index contributed by atoms with van der Waals surface area (Å²) in [6.45, 7) is 18.6. The van der Waals surface area contributed by atoms with Crippen molar-refractivity contribution in [1.82, 2.24) is 78.8 Å². The molecule has 564 valence electrons. The summed E-state index contributed by atoms with van der Waals surface area (Å²) in [4.78, 5) is 44.5. The van der Waals surface area contributed by atoms with Crippen LogP contribution in [0.4, 0.5) is 17.5 Å². The number of hydrogen-bond acceptors (Lipinski definition) is 17. The molecule has 3 atom stereocenters. The molecule has 0 bridgehead atoms. The fraction of sp³-hybridized carbons (Fsp3) is 0.233. The van der Waals surface area contributed by atoms with E-state index in [-0.39, 0.29) is 18.1 Å². The van der Waals surface area contributed by atoms with E-state index < -0.39 is 6.23 Å². The maximum atomic E-state index is 10.8. The van der Waals surface area contributed by atoms with Crippen LogP contribution < -0.4 is 14.7 Å². The normalized spacial score (nSPS) is 15.3. The maximum Gasteiger partial charge on any atom is 0.168 e. The Morgan fingerprint density at radius 2 is 0.616 bits per heavy atom. The fourth-order valence-electron chi connectivity index (χ4n) is 16.0. The Hall–Kier alpha value is -11.6. The number of aliphatic hydroxyl groups excluding tert-OH is 1. The largest absolute Gasteiger partial charge is 0.374 e. The standard InChI is InChI=1S/C33H37N7O.C29H28N6.C28H24Cl2N6/c1-3-37(4-2)33(41)27-17-15-26(16-18-27)30(25-11-7-5-8-12-25)38-19-21-39(22-20-38)31-29-23-36-40(32(29)35-24-34-31)28-13-9-6-10-14-28;1-22-10-8-9-15-25(22)27(23-11-4-2-5-12-23)33-16-18-34(19-17-33)28-26-20-32-35(29(26)31-21-30-28)24-13-6-3-7-14-24;29-22-10-6-20(7-11-22)26(21-8-12-23(30)13-9-21)34-14-16-35(17-15-34)27-25-18-33-36(28(25)32-19-31-27)24-4-2-1-3-5-24/h5-18,23-24,30,33,41H,3-4,19-22H2,1-2H3;2-15,20-21,27H,16-19H2,1H3;1-13,18-19,26H,14-17H2. The van der Waals surface area contributed by atoms with Gasteiger partial charge in [0.25, 0.3) is 0 Å². The molecule has 0 radical (unpaired) electrons. The van der Waals surface area contributed by atoms with Gasteiger partial charge in [-0.1, -0.05) is 225 Å². The molecule has 1 N–H and O–H groups in total. The van der Waals surface area contributed by atoms with Crippen LogP contribution >= 0.6 is 23.2 Å². The molecule has 3 aliphatic rings. The van der Waals surface area contributed by atoms with Crippen molar-refractivity contribution >= 4 is 73.8 Å².